The van der Waals surface area contributed by atoms with Crippen LogP contribution < -0.4 is 15.0 Å². The lowest BCUT2D eigenvalue weighted by Gasteiger charge is -2.22. The van der Waals surface area contributed by atoms with Gasteiger partial charge in [0.2, 0.25) is 0 Å². The molecule has 1 atom stereocenters. The highest BCUT2D eigenvalue weighted by atomic mass is 16.6. The molecule has 0 saturated carbocycles. The topological polar surface area (TPSA) is 50.8 Å². The molecule has 1 saturated heterocycles. The highest BCUT2D eigenvalue weighted by molar-refractivity contribution is 5.86. The summed E-state index contributed by atoms with van der Waals surface area (Å²) in [7, 11) is 0. The highest BCUT2D eigenvalue weighted by Crippen LogP contribution is 2.32. The molecule has 28 heavy (non-hydrogen) atoms. The van der Waals surface area contributed by atoms with Gasteiger partial charge in [-0.05, 0) is 60.2 Å². The number of ether oxygens (including phenoxy) is 2. The molecule has 2 aromatic rings. The van der Waals surface area contributed by atoms with Gasteiger partial charge >= 0.3 is 6.09 Å². The average molecular weight is 380 g/mol. The Bertz CT molecular complexity index is 826. The SMILES string of the molecule is CC(C)c1ccc(NC(=O)Oc2ccc3c(c2)CCN3CC2CCOC2)cc1. The molecule has 4 rings (SSSR count). The van der Waals surface area contributed by atoms with E-state index in [4.69, 9.17) is 9.47 Å². The van der Waals surface area contributed by atoms with E-state index in [0.717, 1.165) is 44.8 Å². The lowest BCUT2D eigenvalue weighted by molar-refractivity contribution is 0.186. The van der Waals surface area contributed by atoms with Crippen molar-refractivity contribution in [1.29, 1.82) is 0 Å². The quantitative estimate of drug-likeness (QED) is 0.808. The fraction of sp³-hybridized carbons (Fsp3) is 0.435. The molecule has 2 aliphatic heterocycles. The summed E-state index contributed by atoms with van der Waals surface area (Å²) >= 11 is 0. The third-order valence-electron chi connectivity index (χ3n) is 5.58. The molecule has 1 unspecified atom stereocenters. The van der Waals surface area contributed by atoms with Crippen molar-refractivity contribution in [2.24, 2.45) is 5.92 Å². The number of hydrogen-bond acceptors (Lipinski definition) is 4. The minimum atomic E-state index is -0.463. The van der Waals surface area contributed by atoms with Crippen LogP contribution in [0.3, 0.4) is 0 Å². The number of rotatable bonds is 5. The third kappa shape index (κ3) is 4.30. The van der Waals surface area contributed by atoms with Crippen LogP contribution in [0.15, 0.2) is 42.5 Å². The second kappa shape index (κ2) is 8.23. The van der Waals surface area contributed by atoms with Crippen LogP contribution in [0.5, 0.6) is 5.75 Å². The Labute approximate surface area is 166 Å². The molecule has 1 amide bonds. The van der Waals surface area contributed by atoms with Gasteiger partial charge < -0.3 is 14.4 Å². The van der Waals surface area contributed by atoms with E-state index >= 15 is 0 Å². The molecule has 148 valence electrons. The molecule has 1 N–H and O–H groups in total. The minimum Gasteiger partial charge on any atom is -0.410 e. The monoisotopic (exact) mass is 380 g/mol. The van der Waals surface area contributed by atoms with Crippen LogP contribution in [-0.2, 0) is 11.2 Å². The fourth-order valence-corrected chi connectivity index (χ4v) is 3.94. The van der Waals surface area contributed by atoms with Crippen molar-refractivity contribution in [2.45, 2.75) is 32.6 Å². The van der Waals surface area contributed by atoms with Crippen molar-refractivity contribution in [3.63, 3.8) is 0 Å². The molecule has 0 spiro atoms. The zero-order chi connectivity index (χ0) is 19.5. The number of benzene rings is 2. The van der Waals surface area contributed by atoms with Crippen LogP contribution in [0.25, 0.3) is 0 Å². The molecule has 2 aliphatic rings. The Morgan fingerprint density at radius 3 is 2.79 bits per heavy atom. The van der Waals surface area contributed by atoms with Crippen LogP contribution in [0.4, 0.5) is 16.2 Å². The van der Waals surface area contributed by atoms with E-state index in [1.165, 1.54) is 16.8 Å². The summed E-state index contributed by atoms with van der Waals surface area (Å²) in [5.74, 6) is 1.67. The maximum absolute atomic E-state index is 12.2. The van der Waals surface area contributed by atoms with E-state index in [0.29, 0.717) is 17.6 Å². The summed E-state index contributed by atoms with van der Waals surface area (Å²) in [5, 5.41) is 2.80. The van der Waals surface area contributed by atoms with Gasteiger partial charge in [-0.15, -0.1) is 0 Å². The summed E-state index contributed by atoms with van der Waals surface area (Å²) in [4.78, 5) is 14.7. The van der Waals surface area contributed by atoms with Gasteiger partial charge in [0.1, 0.15) is 5.75 Å². The number of carbonyl (C=O) groups is 1. The minimum absolute atomic E-state index is 0.463. The Morgan fingerprint density at radius 2 is 2.07 bits per heavy atom. The first-order chi connectivity index (χ1) is 13.6. The van der Waals surface area contributed by atoms with Crippen molar-refractivity contribution in [3.8, 4) is 5.75 Å². The molecule has 0 radical (unpaired) electrons. The molecule has 2 heterocycles. The number of nitrogens with zero attached hydrogens (tertiary/aromatic N) is 1. The number of nitrogens with one attached hydrogen (secondary N) is 1. The Hall–Kier alpha value is -2.53. The first kappa shape index (κ1) is 18.8. The molecule has 5 nitrogen and oxygen atoms in total. The number of fused-ring (bicyclic) bond motifs is 1. The molecule has 2 aromatic carbocycles. The number of hydrogen-bond donors (Lipinski definition) is 1. The first-order valence-corrected chi connectivity index (χ1v) is 10.1. The van der Waals surface area contributed by atoms with Gasteiger partial charge in [-0.2, -0.15) is 0 Å². The van der Waals surface area contributed by atoms with E-state index in [2.05, 4.69) is 30.1 Å². The van der Waals surface area contributed by atoms with Gasteiger partial charge in [0.05, 0.1) is 6.61 Å². The largest absolute Gasteiger partial charge is 0.417 e. The van der Waals surface area contributed by atoms with Gasteiger partial charge in [0.15, 0.2) is 0 Å². The van der Waals surface area contributed by atoms with Crippen LogP contribution in [0.2, 0.25) is 0 Å². The van der Waals surface area contributed by atoms with Crippen LogP contribution >= 0.6 is 0 Å². The van der Waals surface area contributed by atoms with E-state index in [1.54, 1.807) is 0 Å². The summed E-state index contributed by atoms with van der Waals surface area (Å²) in [5.41, 5.74) is 4.47. The Kier molecular flexibility index (Phi) is 5.53. The second-order valence-corrected chi connectivity index (χ2v) is 8.01. The number of anilines is 2. The van der Waals surface area contributed by atoms with Crippen LogP contribution in [0, 0.1) is 5.92 Å². The molecular formula is C23H28N2O3. The molecule has 0 bridgehead atoms. The van der Waals surface area contributed by atoms with Gasteiger partial charge in [0.25, 0.3) is 0 Å². The molecule has 1 fully saturated rings. The average Bonchev–Trinajstić information content (AvgIpc) is 3.32. The lowest BCUT2D eigenvalue weighted by atomic mass is 10.0. The smallest absolute Gasteiger partial charge is 0.410 e. The number of amides is 1. The first-order valence-electron chi connectivity index (χ1n) is 10.1. The van der Waals surface area contributed by atoms with E-state index in [9.17, 15) is 4.79 Å². The summed E-state index contributed by atoms with van der Waals surface area (Å²) in [6, 6.07) is 13.8. The Balaban J connectivity index is 1.35. The molecular weight excluding hydrogens is 352 g/mol. The normalized spacial score (nSPS) is 18.4. The number of carbonyl (C=O) groups excluding carboxylic acids is 1. The van der Waals surface area contributed by atoms with Crippen molar-refractivity contribution in [3.05, 3.63) is 53.6 Å². The molecule has 0 aromatic heterocycles. The zero-order valence-corrected chi connectivity index (χ0v) is 16.6. The van der Waals surface area contributed by atoms with Crippen molar-refractivity contribution in [2.75, 3.05) is 36.5 Å². The van der Waals surface area contributed by atoms with Crippen LogP contribution in [0.1, 0.15) is 37.3 Å². The van der Waals surface area contributed by atoms with Gasteiger partial charge in [-0.1, -0.05) is 26.0 Å². The predicted molar refractivity (Wildman–Crippen MR) is 111 cm³/mol. The zero-order valence-electron chi connectivity index (χ0n) is 16.6. The highest BCUT2D eigenvalue weighted by Gasteiger charge is 2.25. The third-order valence-corrected chi connectivity index (χ3v) is 5.58. The predicted octanol–water partition coefficient (Wildman–Crippen LogP) is 4.82. The van der Waals surface area contributed by atoms with E-state index in [1.807, 2.05) is 36.4 Å². The van der Waals surface area contributed by atoms with Crippen LogP contribution in [-0.4, -0.2) is 32.4 Å². The Morgan fingerprint density at radius 1 is 1.25 bits per heavy atom. The van der Waals surface area contributed by atoms with Crippen molar-refractivity contribution in [1.82, 2.24) is 0 Å². The lowest BCUT2D eigenvalue weighted by Crippen LogP contribution is -2.27. The van der Waals surface area contributed by atoms with Gasteiger partial charge in [0, 0.05) is 37.0 Å². The fourth-order valence-electron chi connectivity index (χ4n) is 3.94. The van der Waals surface area contributed by atoms with Gasteiger partial charge in [-0.25, -0.2) is 4.79 Å². The molecule has 5 heteroatoms. The van der Waals surface area contributed by atoms with Crippen molar-refractivity contribution < 1.29 is 14.3 Å². The van der Waals surface area contributed by atoms with E-state index in [-0.39, 0.29) is 0 Å². The maximum Gasteiger partial charge on any atom is 0.417 e. The van der Waals surface area contributed by atoms with E-state index < -0.39 is 6.09 Å². The summed E-state index contributed by atoms with van der Waals surface area (Å²) in [6.07, 6.45) is 1.67. The standard InChI is InChI=1S/C23H28N2O3/c1-16(2)18-3-5-20(6-4-18)24-23(26)28-21-7-8-22-19(13-21)9-11-25(22)14-17-10-12-27-15-17/h3-8,13,16-17H,9-12,14-15H2,1-2H3,(H,24,26). The second-order valence-electron chi connectivity index (χ2n) is 8.01. The van der Waals surface area contributed by atoms with Crippen molar-refractivity contribution >= 4 is 17.5 Å². The summed E-state index contributed by atoms with van der Waals surface area (Å²) < 4.78 is 11.0. The summed E-state index contributed by atoms with van der Waals surface area (Å²) in [6.45, 7) is 8.10. The maximum atomic E-state index is 12.2. The van der Waals surface area contributed by atoms with Gasteiger partial charge in [-0.3, -0.25) is 5.32 Å². The molecule has 0 aliphatic carbocycles.